The number of halogens is 1. The Hall–Kier alpha value is -1.59. The van der Waals surface area contributed by atoms with Crippen molar-refractivity contribution in [2.75, 3.05) is 6.61 Å². The summed E-state index contributed by atoms with van der Waals surface area (Å²) in [5, 5.41) is 12.0. The van der Waals surface area contributed by atoms with Crippen LogP contribution < -0.4 is 5.32 Å². The van der Waals surface area contributed by atoms with Crippen LogP contribution in [-0.4, -0.2) is 35.7 Å². The van der Waals surface area contributed by atoms with Crippen LogP contribution in [-0.2, 0) is 20.7 Å². The maximum Gasteiger partial charge on any atom is 0.328 e. The standard InChI is InChI=1S/C12H12ClNO4/c13-8-4-2-1-3-7(8)5-9-11(12(16)17)14-10(15)6-18-9/h1-4,9,11H,5-6H2,(H,14,15)(H,16,17). The summed E-state index contributed by atoms with van der Waals surface area (Å²) in [6, 6.07) is 6.11. The van der Waals surface area contributed by atoms with E-state index in [1.807, 2.05) is 6.07 Å². The Morgan fingerprint density at radius 3 is 2.89 bits per heavy atom. The fourth-order valence-corrected chi connectivity index (χ4v) is 2.08. The Bertz CT molecular complexity index is 477. The van der Waals surface area contributed by atoms with Crippen molar-refractivity contribution in [1.82, 2.24) is 5.32 Å². The number of nitrogens with one attached hydrogen (secondary N) is 1. The van der Waals surface area contributed by atoms with Gasteiger partial charge >= 0.3 is 5.97 Å². The number of hydrogen-bond acceptors (Lipinski definition) is 3. The molecule has 1 aromatic rings. The van der Waals surface area contributed by atoms with Crippen molar-refractivity contribution in [3.05, 3.63) is 34.9 Å². The lowest BCUT2D eigenvalue weighted by Crippen LogP contribution is -2.56. The van der Waals surface area contributed by atoms with Crippen LogP contribution in [0, 0.1) is 0 Å². The number of hydrogen-bond donors (Lipinski definition) is 2. The van der Waals surface area contributed by atoms with Gasteiger partial charge in [0.15, 0.2) is 6.04 Å². The van der Waals surface area contributed by atoms with E-state index in [1.54, 1.807) is 18.2 Å². The number of carboxylic acid groups (broad SMARTS) is 1. The van der Waals surface area contributed by atoms with Gasteiger partial charge in [-0.05, 0) is 11.6 Å². The number of aliphatic carboxylic acids is 1. The average molecular weight is 270 g/mol. The molecule has 1 amide bonds. The number of morpholine rings is 1. The molecule has 0 spiro atoms. The lowest BCUT2D eigenvalue weighted by Gasteiger charge is -2.29. The molecule has 2 N–H and O–H groups in total. The minimum absolute atomic E-state index is 0.126. The summed E-state index contributed by atoms with van der Waals surface area (Å²) in [6.45, 7) is -0.126. The van der Waals surface area contributed by atoms with Crippen LogP contribution in [0.25, 0.3) is 0 Å². The maximum atomic E-state index is 11.1. The zero-order valence-electron chi connectivity index (χ0n) is 9.43. The highest BCUT2D eigenvalue weighted by Crippen LogP contribution is 2.20. The number of carboxylic acids is 1. The first kappa shape index (κ1) is 12.9. The summed E-state index contributed by atoms with van der Waals surface area (Å²) in [4.78, 5) is 22.2. The zero-order chi connectivity index (χ0) is 13.1. The molecule has 0 radical (unpaired) electrons. The smallest absolute Gasteiger partial charge is 0.328 e. The van der Waals surface area contributed by atoms with Crippen LogP contribution in [0.1, 0.15) is 5.56 Å². The van der Waals surface area contributed by atoms with Gasteiger partial charge in [0.05, 0.1) is 6.10 Å². The second-order valence-electron chi connectivity index (χ2n) is 4.03. The van der Waals surface area contributed by atoms with Crippen LogP contribution >= 0.6 is 11.6 Å². The normalized spacial score (nSPS) is 23.5. The van der Waals surface area contributed by atoms with E-state index in [4.69, 9.17) is 21.4 Å². The summed E-state index contributed by atoms with van der Waals surface area (Å²) in [5.41, 5.74) is 0.798. The quantitative estimate of drug-likeness (QED) is 0.853. The summed E-state index contributed by atoms with van der Waals surface area (Å²) >= 11 is 6.01. The van der Waals surface area contributed by atoms with E-state index < -0.39 is 24.0 Å². The Labute approximate surface area is 109 Å². The highest BCUT2D eigenvalue weighted by molar-refractivity contribution is 6.31. The molecular weight excluding hydrogens is 258 g/mol. The molecule has 5 nitrogen and oxygen atoms in total. The van der Waals surface area contributed by atoms with Crippen molar-refractivity contribution >= 4 is 23.5 Å². The van der Waals surface area contributed by atoms with Crippen LogP contribution in [0.15, 0.2) is 24.3 Å². The minimum atomic E-state index is -1.11. The van der Waals surface area contributed by atoms with Crippen LogP contribution in [0.5, 0.6) is 0 Å². The fourth-order valence-electron chi connectivity index (χ4n) is 1.87. The summed E-state index contributed by atoms with van der Waals surface area (Å²) < 4.78 is 5.27. The van der Waals surface area contributed by atoms with Crippen LogP contribution in [0.4, 0.5) is 0 Å². The molecule has 1 saturated heterocycles. The summed E-state index contributed by atoms with van der Waals surface area (Å²) in [5.74, 6) is -1.53. The molecule has 1 aliphatic heterocycles. The molecule has 1 fully saturated rings. The molecule has 1 aliphatic rings. The predicted molar refractivity (Wildman–Crippen MR) is 64.5 cm³/mol. The Morgan fingerprint density at radius 2 is 2.22 bits per heavy atom. The molecule has 6 heteroatoms. The average Bonchev–Trinajstić information content (AvgIpc) is 2.34. The second kappa shape index (κ2) is 5.37. The maximum absolute atomic E-state index is 11.1. The summed E-state index contributed by atoms with van der Waals surface area (Å²) in [7, 11) is 0. The van der Waals surface area contributed by atoms with Crippen molar-refractivity contribution < 1.29 is 19.4 Å². The molecule has 2 rings (SSSR count). The van der Waals surface area contributed by atoms with Gasteiger partial charge in [-0.1, -0.05) is 29.8 Å². The first-order valence-corrected chi connectivity index (χ1v) is 5.83. The molecule has 0 aliphatic carbocycles. The molecule has 1 aromatic carbocycles. The monoisotopic (exact) mass is 269 g/mol. The molecule has 18 heavy (non-hydrogen) atoms. The first-order chi connectivity index (χ1) is 8.58. The van der Waals surface area contributed by atoms with Crippen molar-refractivity contribution in [2.45, 2.75) is 18.6 Å². The molecule has 0 saturated carbocycles. The summed E-state index contributed by atoms with van der Waals surface area (Å²) in [6.07, 6.45) is -0.267. The molecule has 1 heterocycles. The third-order valence-corrected chi connectivity index (χ3v) is 3.13. The van der Waals surface area contributed by atoms with E-state index in [1.165, 1.54) is 0 Å². The number of carbonyl (C=O) groups excluding carboxylic acids is 1. The second-order valence-corrected chi connectivity index (χ2v) is 4.44. The molecular formula is C12H12ClNO4. The van der Waals surface area contributed by atoms with Crippen molar-refractivity contribution in [3.63, 3.8) is 0 Å². The topological polar surface area (TPSA) is 75.6 Å². The molecule has 0 bridgehead atoms. The van der Waals surface area contributed by atoms with Gasteiger partial charge in [0.25, 0.3) is 0 Å². The van der Waals surface area contributed by atoms with Crippen LogP contribution in [0.2, 0.25) is 5.02 Å². The van der Waals surface area contributed by atoms with Crippen LogP contribution in [0.3, 0.4) is 0 Å². The lowest BCUT2D eigenvalue weighted by atomic mass is 10.0. The number of ether oxygens (including phenoxy) is 1. The SMILES string of the molecule is O=C1COC(Cc2ccccc2Cl)C(C(=O)O)N1. The third kappa shape index (κ3) is 2.80. The third-order valence-electron chi connectivity index (χ3n) is 2.76. The van der Waals surface area contributed by atoms with Crippen molar-refractivity contribution in [2.24, 2.45) is 0 Å². The lowest BCUT2D eigenvalue weighted by molar-refractivity contribution is -0.154. The molecule has 96 valence electrons. The molecule has 0 aromatic heterocycles. The number of benzene rings is 1. The highest BCUT2D eigenvalue weighted by atomic mass is 35.5. The Kier molecular flexibility index (Phi) is 3.84. The van der Waals surface area contributed by atoms with Gasteiger partial charge in [-0.2, -0.15) is 0 Å². The number of carbonyl (C=O) groups is 2. The van der Waals surface area contributed by atoms with Gasteiger partial charge in [-0.15, -0.1) is 0 Å². The van der Waals surface area contributed by atoms with Gasteiger partial charge in [0.2, 0.25) is 5.91 Å². The van der Waals surface area contributed by atoms with Gasteiger partial charge < -0.3 is 15.2 Å². The fraction of sp³-hybridized carbons (Fsp3) is 0.333. The van der Waals surface area contributed by atoms with Crippen molar-refractivity contribution in [1.29, 1.82) is 0 Å². The van der Waals surface area contributed by atoms with Gasteiger partial charge in [-0.3, -0.25) is 4.79 Å². The Balaban J connectivity index is 2.14. The number of rotatable bonds is 3. The molecule has 2 atom stereocenters. The highest BCUT2D eigenvalue weighted by Gasteiger charge is 2.35. The number of amides is 1. The largest absolute Gasteiger partial charge is 0.480 e. The van der Waals surface area contributed by atoms with Crippen molar-refractivity contribution in [3.8, 4) is 0 Å². The van der Waals surface area contributed by atoms with Gasteiger partial charge in [0.1, 0.15) is 6.61 Å². The first-order valence-electron chi connectivity index (χ1n) is 5.45. The molecule has 2 unspecified atom stereocenters. The van der Waals surface area contributed by atoms with E-state index in [0.717, 1.165) is 5.56 Å². The Morgan fingerprint density at radius 1 is 1.50 bits per heavy atom. The van der Waals surface area contributed by atoms with E-state index >= 15 is 0 Å². The zero-order valence-corrected chi connectivity index (χ0v) is 10.2. The van der Waals surface area contributed by atoms with E-state index in [2.05, 4.69) is 5.32 Å². The van der Waals surface area contributed by atoms with E-state index in [9.17, 15) is 9.59 Å². The van der Waals surface area contributed by atoms with Gasteiger partial charge in [0, 0.05) is 11.4 Å². The predicted octanol–water partition coefficient (Wildman–Crippen LogP) is 0.851. The minimum Gasteiger partial charge on any atom is -0.480 e. The van der Waals surface area contributed by atoms with E-state index in [-0.39, 0.29) is 6.61 Å². The van der Waals surface area contributed by atoms with E-state index in [0.29, 0.717) is 11.4 Å². The van der Waals surface area contributed by atoms with Gasteiger partial charge in [-0.25, -0.2) is 4.79 Å².